The number of carbonyl (C=O) groups is 1. The number of carbonyl (C=O) groups excluding carboxylic acids is 1. The molecular weight excluding hydrogens is 328 g/mol. The highest BCUT2D eigenvalue weighted by atomic mass is 35.5. The van der Waals surface area contributed by atoms with Gasteiger partial charge in [-0.2, -0.15) is 0 Å². The van der Waals surface area contributed by atoms with Crippen molar-refractivity contribution in [3.8, 4) is 11.3 Å². The lowest BCUT2D eigenvalue weighted by Gasteiger charge is -2.08. The monoisotopic (exact) mass is 333 g/mol. The van der Waals surface area contributed by atoms with Gasteiger partial charge < -0.3 is 4.74 Å². The van der Waals surface area contributed by atoms with E-state index < -0.39 is 17.5 Å². The van der Waals surface area contributed by atoms with E-state index in [9.17, 15) is 9.18 Å². The van der Waals surface area contributed by atoms with Crippen molar-refractivity contribution in [1.82, 2.24) is 4.98 Å². The van der Waals surface area contributed by atoms with Crippen LogP contribution in [0.25, 0.3) is 11.3 Å². The van der Waals surface area contributed by atoms with Crippen molar-refractivity contribution in [1.29, 1.82) is 0 Å². The average Bonchev–Trinajstić information content (AvgIpc) is 2.42. The van der Waals surface area contributed by atoms with Crippen LogP contribution in [-0.4, -0.2) is 18.1 Å². The zero-order valence-corrected chi connectivity index (χ0v) is 12.4. The maximum absolute atomic E-state index is 13.5. The van der Waals surface area contributed by atoms with Crippen molar-refractivity contribution in [2.24, 2.45) is 0 Å². The largest absolute Gasteiger partial charge is 0.464 e. The van der Waals surface area contributed by atoms with E-state index in [2.05, 4.69) is 9.72 Å². The molecule has 0 saturated carbocycles. The van der Waals surface area contributed by atoms with Gasteiger partial charge in [0.2, 0.25) is 0 Å². The molecule has 2 rings (SSSR count). The van der Waals surface area contributed by atoms with Crippen LogP contribution in [0.4, 0.5) is 4.39 Å². The first-order valence-corrected chi connectivity index (χ1v) is 6.47. The lowest BCUT2D eigenvalue weighted by Crippen LogP contribution is -2.08. The van der Waals surface area contributed by atoms with Crippen LogP contribution in [0.3, 0.4) is 0 Å². The van der Waals surface area contributed by atoms with Gasteiger partial charge in [0.25, 0.3) is 0 Å². The van der Waals surface area contributed by atoms with E-state index in [1.54, 1.807) is 0 Å². The van der Waals surface area contributed by atoms with Gasteiger partial charge >= 0.3 is 5.97 Å². The van der Waals surface area contributed by atoms with Crippen LogP contribution in [0, 0.1) is 5.82 Å². The lowest BCUT2D eigenvalue weighted by atomic mass is 10.1. The standard InChI is InChI=1S/C13H7Cl3FNO2/c1-20-13(19)12-9(17)2-3-10(18-12)7-4-6(14)5-8(15)11(7)16/h2-5H,1H3. The number of rotatable bonds is 2. The number of ether oxygens (including phenoxy) is 1. The van der Waals surface area contributed by atoms with Gasteiger partial charge in [0.05, 0.1) is 22.8 Å². The molecule has 0 spiro atoms. The van der Waals surface area contributed by atoms with E-state index >= 15 is 0 Å². The van der Waals surface area contributed by atoms with Crippen molar-refractivity contribution in [2.45, 2.75) is 0 Å². The molecule has 0 aliphatic carbocycles. The molecule has 0 amide bonds. The Labute approximate surface area is 129 Å². The number of nitrogens with zero attached hydrogens (tertiary/aromatic N) is 1. The van der Waals surface area contributed by atoms with Gasteiger partial charge in [-0.05, 0) is 24.3 Å². The third-order valence-electron chi connectivity index (χ3n) is 2.49. The minimum atomic E-state index is -0.881. The number of benzene rings is 1. The van der Waals surface area contributed by atoms with E-state index in [1.165, 1.54) is 18.2 Å². The molecule has 0 bridgehead atoms. The first kappa shape index (κ1) is 15.0. The van der Waals surface area contributed by atoms with E-state index in [1.807, 2.05) is 0 Å². The second-order valence-corrected chi connectivity index (χ2v) is 4.99. The summed E-state index contributed by atoms with van der Waals surface area (Å²) < 4.78 is 18.0. The Morgan fingerprint density at radius 2 is 1.95 bits per heavy atom. The molecule has 0 atom stereocenters. The van der Waals surface area contributed by atoms with Crippen molar-refractivity contribution < 1.29 is 13.9 Å². The van der Waals surface area contributed by atoms with Gasteiger partial charge in [-0.1, -0.05) is 34.8 Å². The first-order chi connectivity index (χ1) is 9.43. The Balaban J connectivity index is 2.62. The van der Waals surface area contributed by atoms with Gasteiger partial charge in [-0.15, -0.1) is 0 Å². The molecule has 1 heterocycles. The number of aromatic nitrogens is 1. The summed E-state index contributed by atoms with van der Waals surface area (Å²) in [6, 6.07) is 5.46. The van der Waals surface area contributed by atoms with Crippen molar-refractivity contribution in [3.63, 3.8) is 0 Å². The third-order valence-corrected chi connectivity index (χ3v) is 3.51. The number of esters is 1. The summed E-state index contributed by atoms with van der Waals surface area (Å²) in [5, 5.41) is 0.797. The predicted octanol–water partition coefficient (Wildman–Crippen LogP) is 4.63. The zero-order chi connectivity index (χ0) is 14.9. The van der Waals surface area contributed by atoms with Crippen LogP contribution in [0.15, 0.2) is 24.3 Å². The van der Waals surface area contributed by atoms with Gasteiger partial charge in [0, 0.05) is 10.6 Å². The van der Waals surface area contributed by atoms with Crippen LogP contribution in [0.1, 0.15) is 10.5 Å². The second-order valence-electron chi connectivity index (χ2n) is 3.77. The fourth-order valence-electron chi connectivity index (χ4n) is 1.57. The number of hydrogen-bond donors (Lipinski definition) is 0. The van der Waals surface area contributed by atoms with Crippen LogP contribution in [0.5, 0.6) is 0 Å². The van der Waals surface area contributed by atoms with E-state index in [0.29, 0.717) is 10.6 Å². The van der Waals surface area contributed by atoms with Crippen LogP contribution >= 0.6 is 34.8 Å². The average molecular weight is 335 g/mol. The van der Waals surface area contributed by atoms with Crippen LogP contribution in [-0.2, 0) is 4.74 Å². The summed E-state index contributed by atoms with van der Waals surface area (Å²) in [5.41, 5.74) is 0.229. The lowest BCUT2D eigenvalue weighted by molar-refractivity contribution is 0.0588. The van der Waals surface area contributed by atoms with E-state index in [4.69, 9.17) is 34.8 Å². The second kappa shape index (κ2) is 5.95. The number of methoxy groups -OCH3 is 1. The van der Waals surface area contributed by atoms with E-state index in [-0.39, 0.29) is 15.7 Å². The van der Waals surface area contributed by atoms with E-state index in [0.717, 1.165) is 13.2 Å². The Hall–Kier alpha value is -1.36. The minimum Gasteiger partial charge on any atom is -0.464 e. The van der Waals surface area contributed by atoms with Gasteiger partial charge in [-0.3, -0.25) is 0 Å². The number of halogens is 4. The number of pyridine rings is 1. The molecule has 7 heteroatoms. The quantitative estimate of drug-likeness (QED) is 0.593. The fourth-order valence-corrected chi connectivity index (χ4v) is 2.27. The Morgan fingerprint density at radius 1 is 1.25 bits per heavy atom. The minimum absolute atomic E-state index is 0.214. The summed E-state index contributed by atoms with van der Waals surface area (Å²) >= 11 is 17.9. The van der Waals surface area contributed by atoms with Gasteiger partial charge in [0.15, 0.2) is 11.5 Å². The molecule has 20 heavy (non-hydrogen) atoms. The van der Waals surface area contributed by atoms with Crippen LogP contribution < -0.4 is 0 Å². The maximum Gasteiger partial charge on any atom is 0.359 e. The Morgan fingerprint density at radius 3 is 2.60 bits per heavy atom. The molecule has 2 aromatic rings. The molecule has 3 nitrogen and oxygen atoms in total. The topological polar surface area (TPSA) is 39.2 Å². The van der Waals surface area contributed by atoms with Crippen molar-refractivity contribution in [3.05, 3.63) is 50.8 Å². The highest BCUT2D eigenvalue weighted by Crippen LogP contribution is 2.35. The third kappa shape index (κ3) is 2.87. The molecule has 104 valence electrons. The highest BCUT2D eigenvalue weighted by Gasteiger charge is 2.17. The molecule has 0 aliphatic heterocycles. The zero-order valence-electron chi connectivity index (χ0n) is 10.1. The molecular formula is C13H7Cl3FNO2. The molecule has 0 unspecified atom stereocenters. The number of hydrogen-bond acceptors (Lipinski definition) is 3. The molecule has 0 N–H and O–H groups in total. The molecule has 1 aromatic heterocycles. The predicted molar refractivity (Wildman–Crippen MR) is 76.0 cm³/mol. The SMILES string of the molecule is COC(=O)c1nc(-c2cc(Cl)cc(Cl)c2Cl)ccc1F. The van der Waals surface area contributed by atoms with Crippen LogP contribution in [0.2, 0.25) is 15.1 Å². The smallest absolute Gasteiger partial charge is 0.359 e. The van der Waals surface area contributed by atoms with Gasteiger partial charge in [0.1, 0.15) is 0 Å². The summed E-state index contributed by atoms with van der Waals surface area (Å²) in [6.45, 7) is 0. The molecule has 0 fully saturated rings. The fraction of sp³-hybridized carbons (Fsp3) is 0.0769. The molecule has 0 radical (unpaired) electrons. The van der Waals surface area contributed by atoms with Gasteiger partial charge in [-0.25, -0.2) is 14.2 Å². The Bertz CT molecular complexity index is 692. The molecule has 0 aliphatic rings. The summed E-state index contributed by atoms with van der Waals surface area (Å²) in [6.07, 6.45) is 0. The summed E-state index contributed by atoms with van der Waals surface area (Å²) in [7, 11) is 1.14. The maximum atomic E-state index is 13.5. The Kier molecular flexibility index (Phi) is 4.48. The van der Waals surface area contributed by atoms with Crippen molar-refractivity contribution >= 4 is 40.8 Å². The summed E-state index contributed by atoms with van der Waals surface area (Å²) in [4.78, 5) is 15.3. The summed E-state index contributed by atoms with van der Waals surface area (Å²) in [5.74, 6) is -1.67. The van der Waals surface area contributed by atoms with Crippen molar-refractivity contribution in [2.75, 3.05) is 7.11 Å². The first-order valence-electron chi connectivity index (χ1n) is 5.34. The molecule has 1 aromatic carbocycles. The highest BCUT2D eigenvalue weighted by molar-refractivity contribution is 6.45. The normalized spacial score (nSPS) is 10.4. The molecule has 0 saturated heterocycles.